The molecule has 1 amide bonds. The average molecular weight is 336 g/mol. The Morgan fingerprint density at radius 2 is 1.67 bits per heavy atom. The van der Waals surface area contributed by atoms with Crippen molar-refractivity contribution in [3.63, 3.8) is 0 Å². The van der Waals surface area contributed by atoms with Crippen molar-refractivity contribution in [1.82, 2.24) is 15.1 Å². The largest absolute Gasteiger partial charge is 0.352 e. The molecule has 2 aromatic rings. The molecule has 1 aromatic carbocycles. The minimum Gasteiger partial charge on any atom is -0.352 e. The van der Waals surface area contributed by atoms with Gasteiger partial charge >= 0.3 is 0 Å². The van der Waals surface area contributed by atoms with E-state index in [1.807, 2.05) is 24.0 Å². The number of hydrogen-bond acceptors (Lipinski definition) is 4. The number of amides is 1. The number of anilines is 1. The summed E-state index contributed by atoms with van der Waals surface area (Å²) in [4.78, 5) is 15.7. The molecule has 5 nitrogen and oxygen atoms in total. The van der Waals surface area contributed by atoms with Crippen molar-refractivity contribution in [3.8, 4) is 0 Å². The van der Waals surface area contributed by atoms with Gasteiger partial charge in [0.2, 0.25) is 0 Å². The summed E-state index contributed by atoms with van der Waals surface area (Å²) in [5.41, 5.74) is 0.346. The first-order valence-electron chi connectivity index (χ1n) is 7.45. The van der Waals surface area contributed by atoms with Crippen molar-refractivity contribution < 1.29 is 18.0 Å². The van der Waals surface area contributed by atoms with Crippen LogP contribution in [0, 0.1) is 24.4 Å². The molecular formula is C16H15F3N4O. The monoisotopic (exact) mass is 336 g/mol. The Labute approximate surface area is 136 Å². The second-order valence-electron chi connectivity index (χ2n) is 5.54. The molecule has 0 N–H and O–H groups in total. The van der Waals surface area contributed by atoms with Gasteiger partial charge in [-0.3, -0.25) is 4.79 Å². The molecule has 1 aliphatic heterocycles. The van der Waals surface area contributed by atoms with Gasteiger partial charge in [-0.2, -0.15) is 5.10 Å². The Morgan fingerprint density at radius 3 is 2.29 bits per heavy atom. The SMILES string of the molecule is Cc1ccc(N2CCN(C(=O)c3ccc(F)c(F)c3F)CC2)nn1. The van der Waals surface area contributed by atoms with E-state index in [0.29, 0.717) is 32.0 Å². The molecule has 1 aromatic heterocycles. The lowest BCUT2D eigenvalue weighted by Gasteiger charge is -2.35. The fourth-order valence-electron chi connectivity index (χ4n) is 2.56. The molecule has 0 radical (unpaired) electrons. The second kappa shape index (κ2) is 6.46. The molecule has 8 heteroatoms. The number of piperazine rings is 1. The molecule has 1 aliphatic rings. The highest BCUT2D eigenvalue weighted by Crippen LogP contribution is 2.19. The van der Waals surface area contributed by atoms with Crippen molar-refractivity contribution in [1.29, 1.82) is 0 Å². The van der Waals surface area contributed by atoms with Gasteiger partial charge in [0, 0.05) is 26.2 Å². The summed E-state index contributed by atoms with van der Waals surface area (Å²) in [6.07, 6.45) is 0. The van der Waals surface area contributed by atoms with Crippen LogP contribution in [0.1, 0.15) is 16.1 Å². The van der Waals surface area contributed by atoms with E-state index in [4.69, 9.17) is 0 Å². The van der Waals surface area contributed by atoms with E-state index in [1.54, 1.807) is 0 Å². The molecule has 0 atom stereocenters. The number of nitrogens with zero attached hydrogens (tertiary/aromatic N) is 4. The zero-order valence-corrected chi connectivity index (χ0v) is 13.0. The lowest BCUT2D eigenvalue weighted by atomic mass is 10.1. The van der Waals surface area contributed by atoms with Crippen LogP contribution in [0.25, 0.3) is 0 Å². The van der Waals surface area contributed by atoms with E-state index in [-0.39, 0.29) is 0 Å². The predicted octanol–water partition coefficient (Wildman–Crippen LogP) is 2.16. The van der Waals surface area contributed by atoms with Crippen molar-refractivity contribution >= 4 is 11.7 Å². The van der Waals surface area contributed by atoms with Crippen LogP contribution in [-0.2, 0) is 0 Å². The number of halogens is 3. The lowest BCUT2D eigenvalue weighted by molar-refractivity contribution is 0.0740. The Balaban J connectivity index is 1.69. The van der Waals surface area contributed by atoms with Gasteiger partial charge in [0.1, 0.15) is 0 Å². The predicted molar refractivity (Wildman–Crippen MR) is 81.2 cm³/mol. The number of carbonyl (C=O) groups is 1. The maximum atomic E-state index is 13.8. The number of aromatic nitrogens is 2. The van der Waals surface area contributed by atoms with Gasteiger partial charge in [-0.05, 0) is 31.2 Å². The van der Waals surface area contributed by atoms with Gasteiger partial charge in [-0.25, -0.2) is 13.2 Å². The zero-order chi connectivity index (χ0) is 17.3. The highest BCUT2D eigenvalue weighted by Gasteiger charge is 2.26. The van der Waals surface area contributed by atoms with Crippen LogP contribution in [0.2, 0.25) is 0 Å². The van der Waals surface area contributed by atoms with E-state index < -0.39 is 28.9 Å². The summed E-state index contributed by atoms with van der Waals surface area (Å²) in [5.74, 6) is -4.35. The van der Waals surface area contributed by atoms with Crippen molar-refractivity contribution in [2.24, 2.45) is 0 Å². The molecule has 0 bridgehead atoms. The first kappa shape index (κ1) is 16.2. The normalized spacial score (nSPS) is 14.8. The minimum absolute atomic E-state index is 0.326. The third kappa shape index (κ3) is 3.04. The van der Waals surface area contributed by atoms with Crippen molar-refractivity contribution in [2.45, 2.75) is 6.92 Å². The van der Waals surface area contributed by atoms with E-state index in [2.05, 4.69) is 10.2 Å². The van der Waals surface area contributed by atoms with Crippen LogP contribution in [0.15, 0.2) is 24.3 Å². The first-order chi connectivity index (χ1) is 11.5. The van der Waals surface area contributed by atoms with Gasteiger partial charge in [0.05, 0.1) is 11.3 Å². The second-order valence-corrected chi connectivity index (χ2v) is 5.54. The number of hydrogen-bond donors (Lipinski definition) is 0. The van der Waals surface area contributed by atoms with Crippen LogP contribution in [0.4, 0.5) is 19.0 Å². The highest BCUT2D eigenvalue weighted by atomic mass is 19.2. The molecule has 0 aliphatic carbocycles. The standard InChI is InChI=1S/C16H15F3N4O/c1-10-2-5-13(21-20-10)22-6-8-23(9-7-22)16(24)11-3-4-12(17)15(19)14(11)18/h2-5H,6-9H2,1H3. The fourth-order valence-corrected chi connectivity index (χ4v) is 2.56. The van der Waals surface area contributed by atoms with Crippen LogP contribution < -0.4 is 4.90 Å². The van der Waals surface area contributed by atoms with Gasteiger partial charge in [-0.15, -0.1) is 5.10 Å². The summed E-state index contributed by atoms with van der Waals surface area (Å²) >= 11 is 0. The summed E-state index contributed by atoms with van der Waals surface area (Å²) in [6.45, 7) is 3.48. The maximum Gasteiger partial charge on any atom is 0.257 e. The molecule has 1 saturated heterocycles. The first-order valence-corrected chi connectivity index (χ1v) is 7.45. The van der Waals surface area contributed by atoms with E-state index in [9.17, 15) is 18.0 Å². The summed E-state index contributed by atoms with van der Waals surface area (Å²) < 4.78 is 40.0. The lowest BCUT2D eigenvalue weighted by Crippen LogP contribution is -2.49. The molecule has 3 rings (SSSR count). The molecule has 24 heavy (non-hydrogen) atoms. The summed E-state index contributed by atoms with van der Waals surface area (Å²) in [5, 5.41) is 8.07. The number of rotatable bonds is 2. The smallest absolute Gasteiger partial charge is 0.257 e. The number of benzene rings is 1. The average Bonchev–Trinajstić information content (AvgIpc) is 2.60. The van der Waals surface area contributed by atoms with Crippen molar-refractivity contribution in [3.05, 3.63) is 53.0 Å². The third-order valence-corrected chi connectivity index (χ3v) is 3.94. The van der Waals surface area contributed by atoms with E-state index in [1.165, 1.54) is 4.90 Å². The van der Waals surface area contributed by atoms with Gasteiger partial charge in [0.25, 0.3) is 5.91 Å². The van der Waals surface area contributed by atoms with Crippen LogP contribution in [-0.4, -0.2) is 47.2 Å². The quantitative estimate of drug-likeness (QED) is 0.789. The Hall–Kier alpha value is -2.64. The van der Waals surface area contributed by atoms with Gasteiger partial charge < -0.3 is 9.80 Å². The third-order valence-electron chi connectivity index (χ3n) is 3.94. The summed E-state index contributed by atoms with van der Waals surface area (Å²) in [7, 11) is 0. The molecule has 0 unspecified atom stereocenters. The number of carbonyl (C=O) groups excluding carboxylic acids is 1. The number of aryl methyl sites for hydroxylation is 1. The zero-order valence-electron chi connectivity index (χ0n) is 13.0. The molecule has 0 spiro atoms. The molecule has 126 valence electrons. The van der Waals surface area contributed by atoms with Crippen LogP contribution >= 0.6 is 0 Å². The van der Waals surface area contributed by atoms with Crippen molar-refractivity contribution in [2.75, 3.05) is 31.1 Å². The molecular weight excluding hydrogens is 321 g/mol. The van der Waals surface area contributed by atoms with Crippen LogP contribution in [0.5, 0.6) is 0 Å². The fraction of sp³-hybridized carbons (Fsp3) is 0.312. The van der Waals surface area contributed by atoms with Gasteiger partial charge in [-0.1, -0.05) is 0 Å². The van der Waals surface area contributed by atoms with Gasteiger partial charge in [0.15, 0.2) is 23.3 Å². The summed E-state index contributed by atoms with van der Waals surface area (Å²) in [6, 6.07) is 5.41. The molecule has 0 saturated carbocycles. The Morgan fingerprint density at radius 1 is 0.958 bits per heavy atom. The molecule has 2 heterocycles. The molecule has 1 fully saturated rings. The Bertz CT molecular complexity index is 759. The topological polar surface area (TPSA) is 49.3 Å². The highest BCUT2D eigenvalue weighted by molar-refractivity contribution is 5.94. The van der Waals surface area contributed by atoms with Crippen LogP contribution in [0.3, 0.4) is 0 Å². The maximum absolute atomic E-state index is 13.8. The Kier molecular flexibility index (Phi) is 4.37. The van der Waals surface area contributed by atoms with E-state index in [0.717, 1.165) is 17.8 Å². The minimum atomic E-state index is -1.63. The van der Waals surface area contributed by atoms with E-state index >= 15 is 0 Å².